The molecule has 1 aromatic carbocycles. The highest BCUT2D eigenvalue weighted by Gasteiger charge is 2.32. The monoisotopic (exact) mass is 314 g/mol. The highest BCUT2D eigenvalue weighted by atomic mass is 35.5. The third kappa shape index (κ3) is 4.02. The number of hydrogen-bond donors (Lipinski definition) is 2. The zero-order valence-corrected chi connectivity index (χ0v) is 13.2. The van der Waals surface area contributed by atoms with Gasteiger partial charge in [0.15, 0.2) is 0 Å². The molecule has 1 amide bonds. The molecule has 0 aliphatic heterocycles. The smallest absolute Gasteiger partial charge is 0.227 e. The minimum Gasteiger partial charge on any atom is -0.497 e. The van der Waals surface area contributed by atoms with Crippen LogP contribution in [0.3, 0.4) is 0 Å². The Morgan fingerprint density at radius 1 is 1.33 bits per heavy atom. The second-order valence-electron chi connectivity index (χ2n) is 5.09. The summed E-state index contributed by atoms with van der Waals surface area (Å²) in [7, 11) is 3.17. The molecule has 5 nitrogen and oxygen atoms in total. The molecule has 6 heteroatoms. The van der Waals surface area contributed by atoms with Gasteiger partial charge in [-0.3, -0.25) is 4.79 Å². The number of carbonyl (C=O) groups is 1. The highest BCUT2D eigenvalue weighted by molar-refractivity contribution is 5.94. The fourth-order valence-electron chi connectivity index (χ4n) is 2.80. The first-order valence-corrected chi connectivity index (χ1v) is 6.92. The molecule has 0 bridgehead atoms. The summed E-state index contributed by atoms with van der Waals surface area (Å²) in [5.74, 6) is 1.61. The van der Waals surface area contributed by atoms with Gasteiger partial charge in [-0.25, -0.2) is 0 Å². The summed E-state index contributed by atoms with van der Waals surface area (Å²) < 4.78 is 10.4. The molecule has 2 rings (SSSR count). The fraction of sp³-hybridized carbons (Fsp3) is 0.533. The lowest BCUT2D eigenvalue weighted by molar-refractivity contribution is -0.120. The van der Waals surface area contributed by atoms with E-state index in [4.69, 9.17) is 15.2 Å². The molecule has 1 aromatic rings. The number of nitrogens with two attached hydrogens (primary N) is 1. The van der Waals surface area contributed by atoms with Crippen molar-refractivity contribution in [2.45, 2.75) is 19.3 Å². The second kappa shape index (κ2) is 8.10. The number of halogens is 1. The van der Waals surface area contributed by atoms with Crippen LogP contribution in [0.25, 0.3) is 0 Å². The molecule has 2 atom stereocenters. The number of anilines is 1. The van der Waals surface area contributed by atoms with Gasteiger partial charge >= 0.3 is 0 Å². The molecular weight excluding hydrogens is 292 g/mol. The molecule has 1 aliphatic carbocycles. The molecule has 21 heavy (non-hydrogen) atoms. The fourth-order valence-corrected chi connectivity index (χ4v) is 2.80. The Bertz CT molecular complexity index is 482. The van der Waals surface area contributed by atoms with E-state index in [2.05, 4.69) is 5.32 Å². The minimum absolute atomic E-state index is 0. The Balaban J connectivity index is 0.00000220. The van der Waals surface area contributed by atoms with Gasteiger partial charge in [0, 0.05) is 12.0 Å². The highest BCUT2D eigenvalue weighted by Crippen LogP contribution is 2.34. The van der Waals surface area contributed by atoms with Gasteiger partial charge in [-0.2, -0.15) is 0 Å². The number of carbonyl (C=O) groups excluding carboxylic acids is 1. The molecule has 0 radical (unpaired) electrons. The van der Waals surface area contributed by atoms with Gasteiger partial charge in [-0.1, -0.05) is 6.42 Å². The number of benzene rings is 1. The Labute approximate surface area is 131 Å². The molecule has 0 aromatic heterocycles. The predicted molar refractivity (Wildman–Crippen MR) is 85.3 cm³/mol. The number of hydrogen-bond acceptors (Lipinski definition) is 4. The van der Waals surface area contributed by atoms with Gasteiger partial charge in [0.2, 0.25) is 5.91 Å². The van der Waals surface area contributed by atoms with Crippen LogP contribution in [0, 0.1) is 11.8 Å². The average molecular weight is 315 g/mol. The maximum absolute atomic E-state index is 12.4. The molecule has 1 saturated carbocycles. The molecule has 1 aliphatic rings. The van der Waals surface area contributed by atoms with Gasteiger partial charge in [0.05, 0.1) is 19.9 Å². The van der Waals surface area contributed by atoms with Crippen molar-refractivity contribution in [3.05, 3.63) is 18.2 Å². The SMILES string of the molecule is COc1ccc(OC)c(NC(=O)[C@@H]2CCC[C@@H]2CN)c1.Cl. The zero-order chi connectivity index (χ0) is 14.5. The topological polar surface area (TPSA) is 73.6 Å². The molecule has 0 spiro atoms. The second-order valence-corrected chi connectivity index (χ2v) is 5.09. The molecule has 3 N–H and O–H groups in total. The van der Waals surface area contributed by atoms with Crippen LogP contribution in [0.5, 0.6) is 11.5 Å². The van der Waals surface area contributed by atoms with Crippen LogP contribution in [-0.2, 0) is 4.79 Å². The summed E-state index contributed by atoms with van der Waals surface area (Å²) in [5, 5.41) is 2.94. The van der Waals surface area contributed by atoms with Crippen molar-refractivity contribution in [2.24, 2.45) is 17.6 Å². The summed E-state index contributed by atoms with van der Waals surface area (Å²) in [5.41, 5.74) is 6.37. The van der Waals surface area contributed by atoms with Crippen LogP contribution >= 0.6 is 12.4 Å². The number of methoxy groups -OCH3 is 2. The lowest BCUT2D eigenvalue weighted by Crippen LogP contribution is -2.29. The Morgan fingerprint density at radius 3 is 2.71 bits per heavy atom. The predicted octanol–water partition coefficient (Wildman–Crippen LogP) is 2.44. The zero-order valence-electron chi connectivity index (χ0n) is 12.4. The normalized spacial score (nSPS) is 20.5. The number of nitrogens with one attached hydrogen (secondary N) is 1. The standard InChI is InChI=1S/C15H22N2O3.ClH/c1-19-11-6-7-14(20-2)13(8-11)17-15(18)12-5-3-4-10(12)9-16;/h6-8,10,12H,3-5,9,16H2,1-2H3,(H,17,18);1H/t10-,12-;/m1./s1. The first-order chi connectivity index (χ1) is 9.69. The van der Waals surface area contributed by atoms with Gasteiger partial charge < -0.3 is 20.5 Å². The minimum atomic E-state index is -0.00379. The third-order valence-corrected chi connectivity index (χ3v) is 3.96. The van der Waals surface area contributed by atoms with Gasteiger partial charge in [-0.05, 0) is 37.4 Å². The molecular formula is C15H23ClN2O3. The number of rotatable bonds is 5. The van der Waals surface area contributed by atoms with Crippen molar-refractivity contribution >= 4 is 24.0 Å². The van der Waals surface area contributed by atoms with E-state index >= 15 is 0 Å². The van der Waals surface area contributed by atoms with E-state index in [1.54, 1.807) is 32.4 Å². The summed E-state index contributed by atoms with van der Waals surface area (Å²) >= 11 is 0. The van der Waals surface area contributed by atoms with Crippen LogP contribution in [0.1, 0.15) is 19.3 Å². The van der Waals surface area contributed by atoms with Crippen LogP contribution < -0.4 is 20.5 Å². The van der Waals surface area contributed by atoms with Crippen molar-refractivity contribution in [1.82, 2.24) is 0 Å². The quantitative estimate of drug-likeness (QED) is 0.875. The largest absolute Gasteiger partial charge is 0.497 e. The third-order valence-electron chi connectivity index (χ3n) is 3.96. The van der Waals surface area contributed by atoms with Crippen LogP contribution in [0.15, 0.2) is 18.2 Å². The van der Waals surface area contributed by atoms with Crippen molar-refractivity contribution in [3.63, 3.8) is 0 Å². The van der Waals surface area contributed by atoms with E-state index in [-0.39, 0.29) is 30.2 Å². The van der Waals surface area contributed by atoms with Crippen LogP contribution in [0.4, 0.5) is 5.69 Å². The summed E-state index contributed by atoms with van der Waals surface area (Å²) in [6.45, 7) is 0.563. The Kier molecular flexibility index (Phi) is 6.78. The Hall–Kier alpha value is -1.46. The lowest BCUT2D eigenvalue weighted by Gasteiger charge is -2.18. The molecule has 0 unspecified atom stereocenters. The van der Waals surface area contributed by atoms with Gasteiger partial charge in [0.25, 0.3) is 0 Å². The maximum Gasteiger partial charge on any atom is 0.227 e. The summed E-state index contributed by atoms with van der Waals surface area (Å²) in [6.07, 6.45) is 3.00. The van der Waals surface area contributed by atoms with E-state index in [0.717, 1.165) is 19.3 Å². The molecule has 0 heterocycles. The molecule has 1 fully saturated rings. The first-order valence-electron chi connectivity index (χ1n) is 6.92. The van der Waals surface area contributed by atoms with Crippen molar-refractivity contribution in [1.29, 1.82) is 0 Å². The van der Waals surface area contributed by atoms with Crippen molar-refractivity contribution < 1.29 is 14.3 Å². The average Bonchev–Trinajstić information content (AvgIpc) is 2.95. The molecule has 0 saturated heterocycles. The first kappa shape index (κ1) is 17.6. The van der Waals surface area contributed by atoms with E-state index in [1.807, 2.05) is 0 Å². The van der Waals surface area contributed by atoms with Crippen LogP contribution in [0.2, 0.25) is 0 Å². The van der Waals surface area contributed by atoms with E-state index < -0.39 is 0 Å². The maximum atomic E-state index is 12.4. The van der Waals surface area contributed by atoms with Gasteiger partial charge in [-0.15, -0.1) is 12.4 Å². The summed E-state index contributed by atoms with van der Waals surface area (Å²) in [6, 6.07) is 5.35. The van der Waals surface area contributed by atoms with Crippen molar-refractivity contribution in [2.75, 3.05) is 26.1 Å². The van der Waals surface area contributed by atoms with E-state index in [0.29, 0.717) is 23.7 Å². The van der Waals surface area contributed by atoms with Gasteiger partial charge in [0.1, 0.15) is 11.5 Å². The van der Waals surface area contributed by atoms with E-state index in [9.17, 15) is 4.79 Å². The van der Waals surface area contributed by atoms with Crippen LogP contribution in [-0.4, -0.2) is 26.7 Å². The van der Waals surface area contributed by atoms with Crippen molar-refractivity contribution in [3.8, 4) is 11.5 Å². The van der Waals surface area contributed by atoms with E-state index in [1.165, 1.54) is 0 Å². The number of ether oxygens (including phenoxy) is 2. The lowest BCUT2D eigenvalue weighted by atomic mass is 9.95. The Morgan fingerprint density at radius 2 is 2.10 bits per heavy atom. The number of amides is 1. The summed E-state index contributed by atoms with van der Waals surface area (Å²) in [4.78, 5) is 12.4. The molecule has 118 valence electrons.